The van der Waals surface area contributed by atoms with Gasteiger partial charge in [0.1, 0.15) is 16.5 Å². The minimum absolute atomic E-state index is 0.0306. The van der Waals surface area contributed by atoms with Crippen LogP contribution in [0, 0.1) is 5.82 Å². The zero-order chi connectivity index (χ0) is 23.8. The largest absolute Gasteiger partial charge is 0.369 e. The summed E-state index contributed by atoms with van der Waals surface area (Å²) in [6.45, 7) is 0. The first-order chi connectivity index (χ1) is 14.9. The predicted octanol–water partition coefficient (Wildman–Crippen LogP) is 3.82. The number of aromatic nitrogens is 1. The number of hydrogen-bond acceptors (Lipinski definition) is 6. The summed E-state index contributed by atoms with van der Waals surface area (Å²) in [5.41, 5.74) is 5.91. The van der Waals surface area contributed by atoms with Crippen LogP contribution < -0.4 is 10.6 Å². The molecule has 0 aliphatic heterocycles. The van der Waals surface area contributed by atoms with Crippen LogP contribution in [0.25, 0.3) is 11.1 Å². The molecule has 0 spiro atoms. The van der Waals surface area contributed by atoms with Crippen LogP contribution in [0.1, 0.15) is 22.1 Å². The van der Waals surface area contributed by atoms with Crippen molar-refractivity contribution in [2.24, 2.45) is 5.73 Å². The first-order valence-electron chi connectivity index (χ1n) is 9.06. The average Bonchev–Trinajstić information content (AvgIpc) is 2.72. The van der Waals surface area contributed by atoms with Crippen molar-refractivity contribution in [3.05, 3.63) is 75.7 Å². The van der Waals surface area contributed by atoms with Crippen LogP contribution in [-0.4, -0.2) is 37.7 Å². The lowest BCUT2D eigenvalue weighted by molar-refractivity contribution is 0.1000. The number of amides is 1. The maximum absolute atomic E-state index is 14.3. The Morgan fingerprint density at radius 3 is 2.47 bits per heavy atom. The third-order valence-electron chi connectivity index (χ3n) is 4.75. The highest BCUT2D eigenvalue weighted by Gasteiger charge is 2.27. The molecule has 0 bridgehead atoms. The van der Waals surface area contributed by atoms with Crippen molar-refractivity contribution in [3.63, 3.8) is 0 Å². The number of nitrogens with zero attached hydrogens (tertiary/aromatic N) is 2. The van der Waals surface area contributed by atoms with Crippen molar-refractivity contribution in [1.29, 1.82) is 0 Å². The van der Waals surface area contributed by atoms with Crippen LogP contribution in [0.2, 0.25) is 10.0 Å². The van der Waals surface area contributed by atoms with Crippen molar-refractivity contribution in [2.75, 3.05) is 18.2 Å². The standard InChI is InChI=1S/C21H18Cl2FN3O4S/c1-27(21(29)18-15(23)4-3-5-16(18)24)20-17(32(2,30)31)9-12(10-26-20)13-8-11(19(25)28)6-7-14(13)22/h3-10,21,29H,1-2H3,(H2,25,28). The Labute approximate surface area is 194 Å². The minimum atomic E-state index is -3.86. The van der Waals surface area contributed by atoms with E-state index in [1.807, 2.05) is 0 Å². The van der Waals surface area contributed by atoms with Gasteiger partial charge in [0.05, 0.1) is 10.6 Å². The molecular formula is C21H18Cl2FN3O4S. The summed E-state index contributed by atoms with van der Waals surface area (Å²) in [6, 6.07) is 9.53. The van der Waals surface area contributed by atoms with E-state index in [-0.39, 0.29) is 31.9 Å². The molecule has 1 heterocycles. The summed E-state index contributed by atoms with van der Waals surface area (Å²) in [7, 11) is -2.51. The number of aliphatic hydroxyl groups is 1. The van der Waals surface area contributed by atoms with E-state index >= 15 is 0 Å². The Morgan fingerprint density at radius 1 is 1.19 bits per heavy atom. The number of primary amides is 1. The van der Waals surface area contributed by atoms with E-state index in [4.69, 9.17) is 28.9 Å². The van der Waals surface area contributed by atoms with Crippen LogP contribution in [0.5, 0.6) is 0 Å². The van der Waals surface area contributed by atoms with Crippen molar-refractivity contribution >= 4 is 44.8 Å². The number of carbonyl (C=O) groups excluding carboxylic acids is 1. The van der Waals surface area contributed by atoms with Gasteiger partial charge in [-0.15, -0.1) is 0 Å². The number of halogens is 3. The molecular weight excluding hydrogens is 480 g/mol. The van der Waals surface area contributed by atoms with Crippen molar-refractivity contribution < 1.29 is 22.7 Å². The average molecular weight is 498 g/mol. The second-order valence-electron chi connectivity index (χ2n) is 7.00. The Balaban J connectivity index is 2.15. The van der Waals surface area contributed by atoms with E-state index in [9.17, 15) is 22.7 Å². The Hall–Kier alpha value is -2.72. The predicted molar refractivity (Wildman–Crippen MR) is 121 cm³/mol. The molecule has 0 saturated carbocycles. The van der Waals surface area contributed by atoms with Gasteiger partial charge in [0.2, 0.25) is 5.91 Å². The summed E-state index contributed by atoms with van der Waals surface area (Å²) in [5, 5.41) is 10.9. The molecule has 168 valence electrons. The van der Waals surface area contributed by atoms with Gasteiger partial charge in [0.25, 0.3) is 0 Å². The molecule has 3 aromatic rings. The SMILES string of the molecule is CN(c1ncc(-c2cc(C(N)=O)ccc2Cl)cc1S(C)(=O)=O)C(O)c1c(F)cccc1Cl. The number of carbonyl (C=O) groups is 1. The molecule has 3 N–H and O–H groups in total. The Morgan fingerprint density at radius 2 is 1.88 bits per heavy atom. The summed E-state index contributed by atoms with van der Waals surface area (Å²) in [4.78, 5) is 16.6. The van der Waals surface area contributed by atoms with Gasteiger partial charge in [-0.2, -0.15) is 0 Å². The van der Waals surface area contributed by atoms with Crippen molar-refractivity contribution in [1.82, 2.24) is 4.98 Å². The molecule has 0 aliphatic carbocycles. The van der Waals surface area contributed by atoms with Crippen LogP contribution in [0.3, 0.4) is 0 Å². The number of pyridine rings is 1. The molecule has 3 rings (SSSR count). The summed E-state index contributed by atoms with van der Waals surface area (Å²) in [5.74, 6) is -1.57. The van der Waals surface area contributed by atoms with Gasteiger partial charge in [0.15, 0.2) is 16.1 Å². The van der Waals surface area contributed by atoms with Crippen molar-refractivity contribution in [3.8, 4) is 11.1 Å². The van der Waals surface area contributed by atoms with E-state index < -0.39 is 27.8 Å². The molecule has 0 fully saturated rings. The third kappa shape index (κ3) is 4.71. The Kier molecular flexibility index (Phi) is 6.75. The monoisotopic (exact) mass is 497 g/mol. The lowest BCUT2D eigenvalue weighted by atomic mass is 10.0. The number of aliphatic hydroxyl groups excluding tert-OH is 1. The summed E-state index contributed by atoms with van der Waals surface area (Å²) < 4.78 is 39.4. The fourth-order valence-corrected chi connectivity index (χ4v) is 4.45. The number of sulfone groups is 1. The first kappa shape index (κ1) is 23.9. The quantitative estimate of drug-likeness (QED) is 0.500. The molecule has 1 unspecified atom stereocenters. The van der Waals surface area contributed by atoms with Crippen LogP contribution >= 0.6 is 23.2 Å². The fraction of sp³-hybridized carbons (Fsp3) is 0.143. The number of hydrogen-bond donors (Lipinski definition) is 2. The number of anilines is 1. The highest BCUT2D eigenvalue weighted by Crippen LogP contribution is 2.36. The minimum Gasteiger partial charge on any atom is -0.369 e. The van der Waals surface area contributed by atoms with Crippen LogP contribution in [-0.2, 0) is 9.84 Å². The molecule has 0 radical (unpaired) electrons. The molecule has 0 saturated heterocycles. The van der Waals surface area contributed by atoms with Gasteiger partial charge in [-0.3, -0.25) is 4.79 Å². The van der Waals surface area contributed by atoms with E-state index in [1.54, 1.807) is 0 Å². The van der Waals surface area contributed by atoms with Gasteiger partial charge in [-0.1, -0.05) is 29.3 Å². The van der Waals surface area contributed by atoms with Crippen LogP contribution in [0.4, 0.5) is 10.2 Å². The second kappa shape index (κ2) is 9.03. The zero-order valence-corrected chi connectivity index (χ0v) is 19.2. The number of rotatable bonds is 6. The number of nitrogens with two attached hydrogens (primary N) is 1. The van der Waals surface area contributed by atoms with E-state index in [0.717, 1.165) is 17.2 Å². The van der Waals surface area contributed by atoms with Gasteiger partial charge in [0, 0.05) is 41.2 Å². The topological polar surface area (TPSA) is 114 Å². The molecule has 1 amide bonds. The van der Waals surface area contributed by atoms with Gasteiger partial charge >= 0.3 is 0 Å². The highest BCUT2D eigenvalue weighted by atomic mass is 35.5. The normalized spacial score (nSPS) is 12.4. The maximum atomic E-state index is 14.3. The summed E-state index contributed by atoms with van der Waals surface area (Å²) in [6.07, 6.45) is 0.668. The maximum Gasteiger partial charge on any atom is 0.248 e. The fourth-order valence-electron chi connectivity index (χ4n) is 3.09. The van der Waals surface area contributed by atoms with E-state index in [1.165, 1.54) is 49.6 Å². The third-order valence-corrected chi connectivity index (χ3v) is 6.51. The first-order valence-corrected chi connectivity index (χ1v) is 11.7. The number of benzene rings is 2. The molecule has 2 aromatic carbocycles. The van der Waals surface area contributed by atoms with Gasteiger partial charge in [-0.25, -0.2) is 17.8 Å². The lowest BCUT2D eigenvalue weighted by Crippen LogP contribution is -2.27. The van der Waals surface area contributed by atoms with Crippen LogP contribution in [0.15, 0.2) is 53.6 Å². The lowest BCUT2D eigenvalue weighted by Gasteiger charge is -2.27. The van der Waals surface area contributed by atoms with Crippen molar-refractivity contribution in [2.45, 2.75) is 11.1 Å². The molecule has 32 heavy (non-hydrogen) atoms. The molecule has 0 aliphatic rings. The Bertz CT molecular complexity index is 1300. The van der Waals surface area contributed by atoms with E-state index in [2.05, 4.69) is 4.98 Å². The molecule has 1 aromatic heterocycles. The second-order valence-corrected chi connectivity index (χ2v) is 9.80. The van der Waals surface area contributed by atoms with E-state index in [0.29, 0.717) is 11.1 Å². The van der Waals surface area contributed by atoms with Gasteiger partial charge in [-0.05, 0) is 36.4 Å². The highest BCUT2D eigenvalue weighted by molar-refractivity contribution is 7.90. The summed E-state index contributed by atoms with van der Waals surface area (Å²) >= 11 is 12.3. The van der Waals surface area contributed by atoms with Gasteiger partial charge < -0.3 is 15.7 Å². The molecule has 11 heteroatoms. The smallest absolute Gasteiger partial charge is 0.248 e. The molecule has 1 atom stereocenters. The molecule has 7 nitrogen and oxygen atoms in total. The zero-order valence-electron chi connectivity index (χ0n) is 16.9.